The van der Waals surface area contributed by atoms with E-state index in [1.807, 2.05) is 9.80 Å². The first-order chi connectivity index (χ1) is 12.6. The molecule has 1 aliphatic heterocycles. The van der Waals surface area contributed by atoms with Crippen molar-refractivity contribution in [2.45, 2.75) is 70.3 Å². The molecule has 2 bridgehead atoms. The Kier molecular flexibility index (Phi) is 5.53. The second kappa shape index (κ2) is 7.87. The maximum absolute atomic E-state index is 13.0. The number of rotatable bonds is 4. The number of hydrogen-bond acceptors (Lipinski definition) is 3. The van der Waals surface area contributed by atoms with E-state index in [9.17, 15) is 9.59 Å². The van der Waals surface area contributed by atoms with Gasteiger partial charge in [-0.2, -0.15) is 0 Å². The smallest absolute Gasteiger partial charge is 0.227 e. The second-order valence-corrected chi connectivity index (χ2v) is 9.19. The summed E-state index contributed by atoms with van der Waals surface area (Å²) in [5, 5.41) is 0. The second-order valence-electron chi connectivity index (χ2n) is 9.19. The number of carbonyl (C=O) groups is 2. The topological polar surface area (TPSA) is 66.6 Å². The first kappa shape index (κ1) is 18.3. The average molecular weight is 362 g/mol. The lowest BCUT2D eigenvalue weighted by Gasteiger charge is -2.38. The van der Waals surface area contributed by atoms with Gasteiger partial charge in [0.15, 0.2) is 0 Å². The van der Waals surface area contributed by atoms with Crippen LogP contribution in [0.3, 0.4) is 0 Å². The summed E-state index contributed by atoms with van der Waals surface area (Å²) in [5.74, 6) is 2.43. The van der Waals surface area contributed by atoms with Crippen molar-refractivity contribution in [3.8, 4) is 0 Å². The van der Waals surface area contributed by atoms with Crippen LogP contribution in [0, 0.1) is 23.7 Å². The van der Waals surface area contributed by atoms with Gasteiger partial charge in [0.05, 0.1) is 5.92 Å². The third-order valence-electron chi connectivity index (χ3n) is 7.70. The van der Waals surface area contributed by atoms with Crippen molar-refractivity contribution in [1.29, 1.82) is 0 Å². The third-order valence-corrected chi connectivity index (χ3v) is 7.70. The van der Waals surface area contributed by atoms with Crippen LogP contribution in [0.5, 0.6) is 0 Å². The van der Waals surface area contributed by atoms with Gasteiger partial charge in [-0.3, -0.25) is 9.59 Å². The minimum Gasteiger partial charge on any atom is -0.339 e. The van der Waals surface area contributed by atoms with Gasteiger partial charge in [-0.1, -0.05) is 32.1 Å². The van der Waals surface area contributed by atoms with Gasteiger partial charge in [-0.25, -0.2) is 0 Å². The number of piperazine rings is 1. The maximum Gasteiger partial charge on any atom is 0.227 e. The van der Waals surface area contributed by atoms with Crippen LogP contribution < -0.4 is 5.73 Å². The van der Waals surface area contributed by atoms with E-state index in [-0.39, 0.29) is 17.9 Å². The van der Waals surface area contributed by atoms with E-state index in [1.165, 1.54) is 44.9 Å². The summed E-state index contributed by atoms with van der Waals surface area (Å²) in [6.45, 7) is 2.78. The summed E-state index contributed by atoms with van der Waals surface area (Å²) in [4.78, 5) is 29.4. The third kappa shape index (κ3) is 3.64. The quantitative estimate of drug-likeness (QED) is 0.836. The van der Waals surface area contributed by atoms with E-state index in [0.717, 1.165) is 18.8 Å². The minimum atomic E-state index is 0.0438. The number of amides is 2. The highest BCUT2D eigenvalue weighted by molar-refractivity contribution is 5.81. The molecule has 5 nitrogen and oxygen atoms in total. The maximum atomic E-state index is 13.0. The molecule has 0 radical (unpaired) electrons. The van der Waals surface area contributed by atoms with Crippen LogP contribution in [0.2, 0.25) is 0 Å². The fourth-order valence-electron chi connectivity index (χ4n) is 6.05. The van der Waals surface area contributed by atoms with Gasteiger partial charge in [0.25, 0.3) is 0 Å². The summed E-state index contributed by atoms with van der Waals surface area (Å²) >= 11 is 0. The van der Waals surface area contributed by atoms with Crippen molar-refractivity contribution >= 4 is 11.8 Å². The Balaban J connectivity index is 1.22. The Bertz CT molecular complexity index is 521. The average Bonchev–Trinajstić information content (AvgIpc) is 3.28. The van der Waals surface area contributed by atoms with Crippen LogP contribution in [0.15, 0.2) is 0 Å². The molecule has 3 saturated carbocycles. The molecule has 146 valence electrons. The molecule has 0 spiro atoms. The number of nitrogens with zero attached hydrogens (tertiary/aromatic N) is 2. The van der Waals surface area contributed by atoms with E-state index in [4.69, 9.17) is 5.73 Å². The molecule has 1 saturated heterocycles. The molecule has 4 unspecified atom stereocenters. The summed E-state index contributed by atoms with van der Waals surface area (Å²) in [5.41, 5.74) is 6.35. The lowest BCUT2D eigenvalue weighted by molar-refractivity contribution is -0.143. The van der Waals surface area contributed by atoms with E-state index in [0.29, 0.717) is 50.3 Å². The Labute approximate surface area is 157 Å². The van der Waals surface area contributed by atoms with Crippen LogP contribution in [0.25, 0.3) is 0 Å². The zero-order valence-corrected chi connectivity index (χ0v) is 16.1. The molecule has 3 aliphatic carbocycles. The van der Waals surface area contributed by atoms with Crippen molar-refractivity contribution in [2.24, 2.45) is 29.4 Å². The molecule has 0 aromatic carbocycles. The van der Waals surface area contributed by atoms with Gasteiger partial charge in [0.2, 0.25) is 11.8 Å². The molecule has 5 heteroatoms. The van der Waals surface area contributed by atoms with E-state index < -0.39 is 0 Å². The van der Waals surface area contributed by atoms with Crippen LogP contribution in [-0.2, 0) is 9.59 Å². The van der Waals surface area contributed by atoms with Gasteiger partial charge in [-0.05, 0) is 43.4 Å². The highest BCUT2D eigenvalue weighted by Crippen LogP contribution is 2.48. The van der Waals surface area contributed by atoms with Crippen LogP contribution in [-0.4, -0.2) is 53.8 Å². The zero-order chi connectivity index (χ0) is 18.1. The predicted molar refractivity (Wildman–Crippen MR) is 101 cm³/mol. The molecule has 0 aromatic rings. The monoisotopic (exact) mass is 361 g/mol. The Morgan fingerprint density at radius 1 is 0.846 bits per heavy atom. The van der Waals surface area contributed by atoms with Gasteiger partial charge in [0.1, 0.15) is 0 Å². The molecular formula is C21H35N3O2. The molecule has 4 aliphatic rings. The van der Waals surface area contributed by atoms with Crippen molar-refractivity contribution in [3.05, 3.63) is 0 Å². The highest BCUT2D eigenvalue weighted by atomic mass is 16.2. The SMILES string of the molecule is NC1C2CCC(C2)C1C(=O)N1CCN(C(=O)CCC2CCCCC2)CC1. The number of nitrogens with two attached hydrogens (primary N) is 1. The molecule has 26 heavy (non-hydrogen) atoms. The van der Waals surface area contributed by atoms with Crippen molar-refractivity contribution in [3.63, 3.8) is 0 Å². The fourth-order valence-corrected chi connectivity index (χ4v) is 6.05. The summed E-state index contributed by atoms with van der Waals surface area (Å²) in [6, 6.07) is 0.0661. The van der Waals surface area contributed by atoms with Crippen LogP contribution in [0.1, 0.15) is 64.2 Å². The van der Waals surface area contributed by atoms with Gasteiger partial charge < -0.3 is 15.5 Å². The van der Waals surface area contributed by atoms with Gasteiger partial charge in [0, 0.05) is 38.6 Å². The van der Waals surface area contributed by atoms with E-state index in [1.54, 1.807) is 0 Å². The van der Waals surface area contributed by atoms with E-state index >= 15 is 0 Å². The molecule has 4 atom stereocenters. The standard InChI is InChI=1S/C21H35N3O2/c22-20-17-8-7-16(14-17)19(20)21(26)24-12-10-23(11-13-24)18(25)9-6-15-4-2-1-3-5-15/h15-17,19-20H,1-14,22H2. The molecule has 4 rings (SSSR count). The first-order valence-electron chi connectivity index (χ1n) is 11.0. The highest BCUT2D eigenvalue weighted by Gasteiger charge is 2.50. The summed E-state index contributed by atoms with van der Waals surface area (Å²) in [6.07, 6.45) is 11.9. The van der Waals surface area contributed by atoms with Crippen LogP contribution >= 0.6 is 0 Å². The molecule has 2 amide bonds. The lowest BCUT2D eigenvalue weighted by atomic mass is 9.84. The number of carbonyl (C=O) groups excluding carboxylic acids is 2. The van der Waals surface area contributed by atoms with Gasteiger partial charge >= 0.3 is 0 Å². The number of fused-ring (bicyclic) bond motifs is 2. The van der Waals surface area contributed by atoms with Crippen molar-refractivity contribution in [2.75, 3.05) is 26.2 Å². The lowest BCUT2D eigenvalue weighted by Crippen LogP contribution is -2.54. The summed E-state index contributed by atoms with van der Waals surface area (Å²) in [7, 11) is 0. The Morgan fingerprint density at radius 3 is 2.15 bits per heavy atom. The Morgan fingerprint density at radius 2 is 1.50 bits per heavy atom. The zero-order valence-electron chi connectivity index (χ0n) is 16.1. The summed E-state index contributed by atoms with van der Waals surface area (Å²) < 4.78 is 0. The number of hydrogen-bond donors (Lipinski definition) is 1. The molecule has 4 fully saturated rings. The molecular weight excluding hydrogens is 326 g/mol. The fraction of sp³-hybridized carbons (Fsp3) is 0.905. The van der Waals surface area contributed by atoms with Gasteiger partial charge in [-0.15, -0.1) is 0 Å². The molecule has 0 aromatic heterocycles. The van der Waals surface area contributed by atoms with E-state index in [2.05, 4.69) is 0 Å². The largest absolute Gasteiger partial charge is 0.339 e. The molecule has 1 heterocycles. The Hall–Kier alpha value is -1.10. The normalized spacial score (nSPS) is 35.1. The minimum absolute atomic E-state index is 0.0438. The molecule has 2 N–H and O–H groups in total. The van der Waals surface area contributed by atoms with Crippen molar-refractivity contribution in [1.82, 2.24) is 9.80 Å². The first-order valence-corrected chi connectivity index (χ1v) is 11.0. The van der Waals surface area contributed by atoms with Crippen molar-refractivity contribution < 1.29 is 9.59 Å². The van der Waals surface area contributed by atoms with Crippen LogP contribution in [0.4, 0.5) is 0 Å². The predicted octanol–water partition coefficient (Wildman–Crippen LogP) is 2.39.